The summed E-state index contributed by atoms with van der Waals surface area (Å²) in [5.41, 5.74) is 1.35. The number of methoxy groups -OCH3 is 2. The fraction of sp³-hybridized carbons (Fsp3) is 0.455. The number of hydrogen-bond donors (Lipinski definition) is 2. The summed E-state index contributed by atoms with van der Waals surface area (Å²) < 4.78 is 14.2. The van der Waals surface area contributed by atoms with E-state index in [4.69, 9.17) is 19.4 Å². The highest BCUT2D eigenvalue weighted by molar-refractivity contribution is 5.91. The quantitative estimate of drug-likeness (QED) is 0.313. The number of esters is 1. The Balaban J connectivity index is 0. The molecule has 0 aliphatic heterocycles. The third-order valence-electron chi connectivity index (χ3n) is 3.78. The third-order valence-corrected chi connectivity index (χ3v) is 3.78. The van der Waals surface area contributed by atoms with Crippen LogP contribution in [0.25, 0.3) is 0 Å². The zero-order valence-electron chi connectivity index (χ0n) is 19.5. The van der Waals surface area contributed by atoms with E-state index in [9.17, 15) is 14.4 Å². The zero-order chi connectivity index (χ0) is 24.9. The molecule has 0 aliphatic carbocycles. The fourth-order valence-electron chi connectivity index (χ4n) is 2.02. The average Bonchev–Trinajstić information content (AvgIpc) is 2.82. The molecule has 2 amide bonds. The van der Waals surface area contributed by atoms with Crippen LogP contribution in [0, 0.1) is 6.92 Å². The van der Waals surface area contributed by atoms with Crippen LogP contribution in [0.5, 0.6) is 0 Å². The Morgan fingerprint density at radius 1 is 1.19 bits per heavy atom. The summed E-state index contributed by atoms with van der Waals surface area (Å²) in [4.78, 5) is 44.7. The van der Waals surface area contributed by atoms with Gasteiger partial charge in [0.2, 0.25) is 12.3 Å². The Labute approximate surface area is 189 Å². The number of rotatable bonds is 10. The molecule has 1 aromatic rings. The smallest absolute Gasteiger partial charge is 0.459 e. The lowest BCUT2D eigenvalue weighted by atomic mass is 10.1. The number of likely N-dealkylation sites (N-methyl/N-ethyl adjacent to an activating group) is 1. The van der Waals surface area contributed by atoms with Gasteiger partial charge >= 0.3 is 12.1 Å². The SMILES string of the molecule is CC.CNC(=O)/C=C\N(C=O)CCC(COC(=O)c1ccccc1C)OC.COC(=O)O. The minimum atomic E-state index is -1.25. The largest absolute Gasteiger partial charge is 0.505 e. The molecular formula is C22H34N2O8. The Hall–Kier alpha value is -3.40. The molecule has 0 saturated carbocycles. The van der Waals surface area contributed by atoms with Crippen molar-refractivity contribution in [3.63, 3.8) is 0 Å². The molecule has 1 unspecified atom stereocenters. The van der Waals surface area contributed by atoms with E-state index in [2.05, 4.69) is 10.1 Å². The van der Waals surface area contributed by atoms with Gasteiger partial charge in [-0.05, 0) is 25.0 Å². The molecule has 32 heavy (non-hydrogen) atoms. The molecule has 180 valence electrons. The molecule has 0 aromatic heterocycles. The number of aryl methyl sites for hydroxylation is 1. The van der Waals surface area contributed by atoms with Crippen molar-refractivity contribution in [1.29, 1.82) is 0 Å². The first-order valence-corrected chi connectivity index (χ1v) is 9.92. The summed E-state index contributed by atoms with van der Waals surface area (Å²) in [6, 6.07) is 7.17. The second-order valence-electron chi connectivity index (χ2n) is 5.80. The molecule has 0 bridgehead atoms. The summed E-state index contributed by atoms with van der Waals surface area (Å²) in [5.74, 6) is -0.714. The van der Waals surface area contributed by atoms with Crippen molar-refractivity contribution in [1.82, 2.24) is 10.2 Å². The van der Waals surface area contributed by atoms with Crippen molar-refractivity contribution >= 4 is 24.4 Å². The van der Waals surface area contributed by atoms with Gasteiger partial charge in [0.05, 0.1) is 18.8 Å². The lowest BCUT2D eigenvalue weighted by Gasteiger charge is -2.19. The number of amides is 2. The first-order valence-electron chi connectivity index (χ1n) is 9.92. The van der Waals surface area contributed by atoms with Gasteiger partial charge in [0, 0.05) is 33.0 Å². The van der Waals surface area contributed by atoms with Crippen molar-refractivity contribution in [2.24, 2.45) is 0 Å². The fourth-order valence-corrected chi connectivity index (χ4v) is 2.02. The molecule has 1 rings (SSSR count). The second kappa shape index (κ2) is 19.6. The normalized spacial score (nSPS) is 10.4. The molecule has 0 saturated heterocycles. The van der Waals surface area contributed by atoms with Crippen LogP contribution < -0.4 is 5.32 Å². The summed E-state index contributed by atoms with van der Waals surface area (Å²) in [5, 5.41) is 9.92. The lowest BCUT2D eigenvalue weighted by Crippen LogP contribution is -2.27. The molecule has 0 aliphatic rings. The van der Waals surface area contributed by atoms with Gasteiger partial charge in [0.15, 0.2) is 0 Å². The third kappa shape index (κ3) is 14.6. The standard InChI is InChI=1S/C18H24N2O5.C2H4O3.C2H6/c1-14-6-4-5-7-16(14)18(23)25-12-15(24-3)8-10-20(13-21)11-9-17(22)19-2;1-5-2(3)4;1-2/h4-7,9,11,13,15H,8,10,12H2,1-3H3,(H,19,22);1H3,(H,3,4);1-2H3/b11-9-;;. The Kier molecular flexibility index (Phi) is 18.8. The molecule has 0 spiro atoms. The number of carbonyl (C=O) groups excluding carboxylic acids is 3. The van der Waals surface area contributed by atoms with E-state index < -0.39 is 12.1 Å². The molecule has 0 fully saturated rings. The Morgan fingerprint density at radius 2 is 1.78 bits per heavy atom. The van der Waals surface area contributed by atoms with Gasteiger partial charge in [0.25, 0.3) is 0 Å². The van der Waals surface area contributed by atoms with E-state index in [1.807, 2.05) is 32.9 Å². The van der Waals surface area contributed by atoms with Crippen LogP contribution in [0.2, 0.25) is 0 Å². The number of benzene rings is 1. The Morgan fingerprint density at radius 3 is 2.25 bits per heavy atom. The Bertz CT molecular complexity index is 722. The first-order chi connectivity index (χ1) is 15.3. The van der Waals surface area contributed by atoms with Crippen LogP contribution >= 0.6 is 0 Å². The summed E-state index contributed by atoms with van der Waals surface area (Å²) >= 11 is 0. The van der Waals surface area contributed by atoms with Gasteiger partial charge in [-0.15, -0.1) is 0 Å². The first kappa shape index (κ1) is 30.8. The minimum absolute atomic E-state index is 0.0789. The lowest BCUT2D eigenvalue weighted by molar-refractivity contribution is -0.116. The number of nitrogens with one attached hydrogen (secondary N) is 1. The topological polar surface area (TPSA) is 131 Å². The van der Waals surface area contributed by atoms with Crippen LogP contribution in [-0.2, 0) is 23.8 Å². The van der Waals surface area contributed by atoms with Crippen LogP contribution in [0.1, 0.15) is 36.2 Å². The maximum absolute atomic E-state index is 12.1. The van der Waals surface area contributed by atoms with Gasteiger partial charge in [-0.3, -0.25) is 9.59 Å². The summed E-state index contributed by atoms with van der Waals surface area (Å²) in [6.45, 7) is 6.25. The van der Waals surface area contributed by atoms with Crippen LogP contribution in [0.4, 0.5) is 4.79 Å². The van der Waals surface area contributed by atoms with E-state index in [1.54, 1.807) is 12.1 Å². The van der Waals surface area contributed by atoms with E-state index in [0.29, 0.717) is 24.9 Å². The van der Waals surface area contributed by atoms with E-state index in [1.165, 1.54) is 31.3 Å². The number of ether oxygens (including phenoxy) is 3. The van der Waals surface area contributed by atoms with E-state index in [0.717, 1.165) is 12.7 Å². The zero-order valence-corrected chi connectivity index (χ0v) is 19.5. The highest BCUT2D eigenvalue weighted by Gasteiger charge is 2.15. The van der Waals surface area contributed by atoms with Gasteiger partial charge in [0.1, 0.15) is 6.61 Å². The van der Waals surface area contributed by atoms with Crippen molar-refractivity contribution in [3.05, 3.63) is 47.7 Å². The summed E-state index contributed by atoms with van der Waals surface area (Å²) in [7, 11) is 4.11. The molecule has 2 N–H and O–H groups in total. The number of carboxylic acid groups (broad SMARTS) is 1. The van der Waals surface area contributed by atoms with Crippen molar-refractivity contribution in [2.45, 2.75) is 33.3 Å². The maximum atomic E-state index is 12.1. The molecule has 10 heteroatoms. The molecular weight excluding hydrogens is 420 g/mol. The molecule has 0 heterocycles. The van der Waals surface area contributed by atoms with Crippen molar-refractivity contribution in [3.8, 4) is 0 Å². The van der Waals surface area contributed by atoms with Crippen LogP contribution in [-0.4, -0.2) is 75.0 Å². The van der Waals surface area contributed by atoms with Crippen molar-refractivity contribution in [2.75, 3.05) is 34.4 Å². The summed E-state index contributed by atoms with van der Waals surface area (Å²) in [6.07, 6.45) is 2.11. The predicted octanol–water partition coefficient (Wildman–Crippen LogP) is 2.61. The highest BCUT2D eigenvalue weighted by Crippen LogP contribution is 2.10. The van der Waals surface area contributed by atoms with Gasteiger partial charge in [-0.1, -0.05) is 32.0 Å². The number of hydrogen-bond acceptors (Lipinski definition) is 7. The predicted molar refractivity (Wildman–Crippen MR) is 119 cm³/mol. The molecule has 1 atom stereocenters. The number of carbonyl (C=O) groups is 4. The van der Waals surface area contributed by atoms with Gasteiger partial charge < -0.3 is 29.5 Å². The molecule has 10 nitrogen and oxygen atoms in total. The maximum Gasteiger partial charge on any atom is 0.505 e. The van der Waals surface area contributed by atoms with Gasteiger partial charge in [-0.2, -0.15) is 0 Å². The average molecular weight is 455 g/mol. The second-order valence-corrected chi connectivity index (χ2v) is 5.80. The van der Waals surface area contributed by atoms with Gasteiger partial charge in [-0.25, -0.2) is 9.59 Å². The monoisotopic (exact) mass is 454 g/mol. The minimum Gasteiger partial charge on any atom is -0.459 e. The van der Waals surface area contributed by atoms with Crippen LogP contribution in [0.15, 0.2) is 36.5 Å². The molecule has 0 radical (unpaired) electrons. The highest BCUT2D eigenvalue weighted by atomic mass is 16.6. The number of nitrogens with zero attached hydrogens (tertiary/aromatic N) is 1. The van der Waals surface area contributed by atoms with E-state index in [-0.39, 0.29) is 18.6 Å². The van der Waals surface area contributed by atoms with Crippen molar-refractivity contribution < 1.29 is 38.5 Å². The van der Waals surface area contributed by atoms with E-state index >= 15 is 0 Å². The van der Waals surface area contributed by atoms with Crippen LogP contribution in [0.3, 0.4) is 0 Å². The molecule has 1 aromatic carbocycles.